The summed E-state index contributed by atoms with van der Waals surface area (Å²) in [4.78, 5) is 9.37. The van der Waals surface area contributed by atoms with Crippen molar-refractivity contribution < 1.29 is 0 Å². The highest BCUT2D eigenvalue weighted by molar-refractivity contribution is 7.99. The molecule has 0 radical (unpaired) electrons. The standard InChI is InChI=1S/C14H9ClN2S/c15-13-8-16-9-14(17-13)18-12-6-5-10-3-1-2-4-11(10)7-12/h1-9H. The van der Waals surface area contributed by atoms with Crippen molar-refractivity contribution in [3.8, 4) is 0 Å². The Morgan fingerprint density at radius 3 is 2.61 bits per heavy atom. The van der Waals surface area contributed by atoms with Crippen LogP contribution in [0.2, 0.25) is 5.15 Å². The van der Waals surface area contributed by atoms with Gasteiger partial charge in [-0.25, -0.2) is 4.98 Å². The van der Waals surface area contributed by atoms with Gasteiger partial charge in [-0.2, -0.15) is 0 Å². The molecule has 3 rings (SSSR count). The second kappa shape index (κ2) is 4.96. The zero-order chi connectivity index (χ0) is 12.4. The summed E-state index contributed by atoms with van der Waals surface area (Å²) < 4.78 is 0. The molecule has 0 fully saturated rings. The largest absolute Gasteiger partial charge is 0.259 e. The first-order chi connectivity index (χ1) is 8.81. The molecular weight excluding hydrogens is 264 g/mol. The van der Waals surface area contributed by atoms with Crippen molar-refractivity contribution in [1.29, 1.82) is 0 Å². The summed E-state index contributed by atoms with van der Waals surface area (Å²) in [6.07, 6.45) is 3.25. The number of nitrogens with zero attached hydrogens (tertiary/aromatic N) is 2. The maximum Gasteiger partial charge on any atom is 0.148 e. The lowest BCUT2D eigenvalue weighted by atomic mass is 10.1. The van der Waals surface area contributed by atoms with Crippen LogP contribution in [0.3, 0.4) is 0 Å². The Kier molecular flexibility index (Phi) is 3.17. The van der Waals surface area contributed by atoms with Crippen LogP contribution in [0.4, 0.5) is 0 Å². The van der Waals surface area contributed by atoms with E-state index in [0.717, 1.165) is 9.92 Å². The number of aromatic nitrogens is 2. The summed E-state index contributed by atoms with van der Waals surface area (Å²) in [6, 6.07) is 14.6. The Morgan fingerprint density at radius 2 is 1.78 bits per heavy atom. The molecule has 2 aromatic carbocycles. The quantitative estimate of drug-likeness (QED) is 0.690. The van der Waals surface area contributed by atoms with E-state index in [9.17, 15) is 0 Å². The van der Waals surface area contributed by atoms with Gasteiger partial charge in [-0.15, -0.1) is 0 Å². The van der Waals surface area contributed by atoms with Gasteiger partial charge in [0.1, 0.15) is 10.2 Å². The summed E-state index contributed by atoms with van der Waals surface area (Å²) in [5.41, 5.74) is 0. The highest BCUT2D eigenvalue weighted by Gasteiger charge is 2.01. The van der Waals surface area contributed by atoms with Crippen LogP contribution in [0.5, 0.6) is 0 Å². The molecule has 3 aromatic rings. The average molecular weight is 273 g/mol. The van der Waals surface area contributed by atoms with E-state index in [1.54, 1.807) is 18.0 Å². The normalized spacial score (nSPS) is 10.7. The van der Waals surface area contributed by atoms with Crippen molar-refractivity contribution in [2.75, 3.05) is 0 Å². The third-order valence-electron chi connectivity index (χ3n) is 2.53. The van der Waals surface area contributed by atoms with Gasteiger partial charge in [0.2, 0.25) is 0 Å². The molecule has 0 aliphatic heterocycles. The Labute approximate surface area is 114 Å². The fourth-order valence-corrected chi connectivity index (χ4v) is 2.74. The van der Waals surface area contributed by atoms with Gasteiger partial charge in [-0.05, 0) is 22.9 Å². The van der Waals surface area contributed by atoms with Crippen molar-refractivity contribution in [3.63, 3.8) is 0 Å². The van der Waals surface area contributed by atoms with Crippen molar-refractivity contribution >= 4 is 34.1 Å². The topological polar surface area (TPSA) is 25.8 Å². The molecule has 4 heteroatoms. The maximum atomic E-state index is 5.82. The first-order valence-electron chi connectivity index (χ1n) is 5.45. The van der Waals surface area contributed by atoms with Crippen LogP contribution in [-0.2, 0) is 0 Å². The molecule has 0 unspecified atom stereocenters. The van der Waals surface area contributed by atoms with Crippen LogP contribution >= 0.6 is 23.4 Å². The van der Waals surface area contributed by atoms with Crippen molar-refractivity contribution in [2.24, 2.45) is 0 Å². The van der Waals surface area contributed by atoms with Crippen LogP contribution in [0.25, 0.3) is 10.8 Å². The fraction of sp³-hybridized carbons (Fsp3) is 0. The van der Waals surface area contributed by atoms with E-state index in [1.165, 1.54) is 17.0 Å². The molecule has 0 amide bonds. The Bertz CT molecular complexity index is 700. The fourth-order valence-electron chi connectivity index (χ4n) is 1.73. The number of hydrogen-bond acceptors (Lipinski definition) is 3. The molecule has 1 heterocycles. The predicted octanol–water partition coefficient (Wildman–Crippen LogP) is 4.43. The third-order valence-corrected chi connectivity index (χ3v) is 3.60. The van der Waals surface area contributed by atoms with Gasteiger partial charge in [-0.1, -0.05) is 53.7 Å². The van der Waals surface area contributed by atoms with Gasteiger partial charge in [-0.3, -0.25) is 4.98 Å². The van der Waals surface area contributed by atoms with E-state index in [-0.39, 0.29) is 0 Å². The van der Waals surface area contributed by atoms with Crippen LogP contribution in [0.15, 0.2) is 64.8 Å². The number of benzene rings is 2. The van der Waals surface area contributed by atoms with Gasteiger partial charge in [0, 0.05) is 4.90 Å². The van der Waals surface area contributed by atoms with Gasteiger partial charge in [0.05, 0.1) is 12.4 Å². The van der Waals surface area contributed by atoms with E-state index in [4.69, 9.17) is 11.6 Å². The molecule has 0 saturated heterocycles. The maximum absolute atomic E-state index is 5.82. The third kappa shape index (κ3) is 2.47. The minimum atomic E-state index is 0.417. The molecule has 88 valence electrons. The monoisotopic (exact) mass is 272 g/mol. The summed E-state index contributed by atoms with van der Waals surface area (Å²) in [5, 5.41) is 3.68. The number of fused-ring (bicyclic) bond motifs is 1. The second-order valence-corrected chi connectivity index (χ2v) is 5.27. The van der Waals surface area contributed by atoms with Crippen molar-refractivity contribution in [1.82, 2.24) is 9.97 Å². The molecule has 0 aliphatic rings. The molecule has 0 saturated carbocycles. The smallest absolute Gasteiger partial charge is 0.148 e. The van der Waals surface area contributed by atoms with E-state index in [2.05, 4.69) is 40.3 Å². The first-order valence-corrected chi connectivity index (χ1v) is 6.65. The second-order valence-electron chi connectivity index (χ2n) is 3.79. The molecule has 0 N–H and O–H groups in total. The van der Waals surface area contributed by atoms with Gasteiger partial charge >= 0.3 is 0 Å². The summed E-state index contributed by atoms with van der Waals surface area (Å²) in [5.74, 6) is 0. The predicted molar refractivity (Wildman–Crippen MR) is 75.1 cm³/mol. The lowest BCUT2D eigenvalue weighted by molar-refractivity contribution is 1.06. The Hall–Kier alpha value is -1.58. The molecule has 1 aromatic heterocycles. The molecule has 0 atom stereocenters. The van der Waals surface area contributed by atoms with E-state index in [0.29, 0.717) is 5.15 Å². The zero-order valence-corrected chi connectivity index (χ0v) is 10.9. The highest BCUT2D eigenvalue weighted by atomic mass is 35.5. The number of halogens is 1. The van der Waals surface area contributed by atoms with Crippen LogP contribution in [-0.4, -0.2) is 9.97 Å². The highest BCUT2D eigenvalue weighted by Crippen LogP contribution is 2.28. The van der Waals surface area contributed by atoms with E-state index < -0.39 is 0 Å². The lowest BCUT2D eigenvalue weighted by Gasteiger charge is -2.03. The minimum absolute atomic E-state index is 0.417. The average Bonchev–Trinajstić information content (AvgIpc) is 2.39. The van der Waals surface area contributed by atoms with Crippen LogP contribution in [0, 0.1) is 0 Å². The summed E-state index contributed by atoms with van der Waals surface area (Å²) in [7, 11) is 0. The lowest BCUT2D eigenvalue weighted by Crippen LogP contribution is -1.83. The Morgan fingerprint density at radius 1 is 0.944 bits per heavy atom. The SMILES string of the molecule is Clc1cncc(Sc2ccc3ccccc3c2)n1. The zero-order valence-electron chi connectivity index (χ0n) is 9.38. The first kappa shape index (κ1) is 11.5. The van der Waals surface area contributed by atoms with Gasteiger partial charge in [0.25, 0.3) is 0 Å². The van der Waals surface area contributed by atoms with Crippen LogP contribution < -0.4 is 0 Å². The van der Waals surface area contributed by atoms with E-state index >= 15 is 0 Å². The van der Waals surface area contributed by atoms with Crippen molar-refractivity contribution in [2.45, 2.75) is 9.92 Å². The Balaban J connectivity index is 1.95. The molecule has 0 spiro atoms. The molecule has 0 aliphatic carbocycles. The molecule has 2 nitrogen and oxygen atoms in total. The van der Waals surface area contributed by atoms with Gasteiger partial charge < -0.3 is 0 Å². The van der Waals surface area contributed by atoms with Crippen molar-refractivity contribution in [3.05, 3.63) is 60.0 Å². The summed E-state index contributed by atoms with van der Waals surface area (Å²) >= 11 is 7.38. The number of hydrogen-bond donors (Lipinski definition) is 0. The minimum Gasteiger partial charge on any atom is -0.259 e. The summed E-state index contributed by atoms with van der Waals surface area (Å²) in [6.45, 7) is 0. The van der Waals surface area contributed by atoms with Gasteiger partial charge in [0.15, 0.2) is 0 Å². The molecular formula is C14H9ClN2S. The molecule has 18 heavy (non-hydrogen) atoms. The number of rotatable bonds is 2. The van der Waals surface area contributed by atoms with Crippen LogP contribution in [0.1, 0.15) is 0 Å². The van der Waals surface area contributed by atoms with E-state index in [1.807, 2.05) is 12.1 Å². The molecule has 0 bridgehead atoms.